The number of rotatable bonds is 5. The van der Waals surface area contributed by atoms with Gasteiger partial charge in [-0.1, -0.05) is 24.2 Å². The van der Waals surface area contributed by atoms with Crippen LogP contribution in [0.2, 0.25) is 0 Å². The van der Waals surface area contributed by atoms with Crippen LogP contribution in [0.1, 0.15) is 33.2 Å². The minimum absolute atomic E-state index is 0.00322. The minimum Gasteiger partial charge on any atom is -0.365 e. The number of aryl methyl sites for hydroxylation is 1. The Bertz CT molecular complexity index is 869. The average Bonchev–Trinajstić information content (AvgIpc) is 3.23. The first kappa shape index (κ1) is 15.9. The molecule has 0 fully saturated rings. The quantitative estimate of drug-likeness (QED) is 0.740. The summed E-state index contributed by atoms with van der Waals surface area (Å²) in [5.74, 6) is -1.25. The van der Waals surface area contributed by atoms with Crippen LogP contribution in [0.25, 0.3) is 10.7 Å². The molecular formula is C16H14N4O3S. The van der Waals surface area contributed by atoms with Gasteiger partial charge in [-0.15, -0.1) is 11.3 Å². The average molecular weight is 342 g/mol. The zero-order valence-corrected chi connectivity index (χ0v) is 13.6. The monoisotopic (exact) mass is 342 g/mol. The van der Waals surface area contributed by atoms with Crippen molar-refractivity contribution in [2.45, 2.75) is 13.3 Å². The van der Waals surface area contributed by atoms with Gasteiger partial charge in [-0.25, -0.2) is 4.98 Å². The highest BCUT2D eigenvalue weighted by Crippen LogP contribution is 2.30. The van der Waals surface area contributed by atoms with Crippen molar-refractivity contribution in [1.82, 2.24) is 10.1 Å². The van der Waals surface area contributed by atoms with Gasteiger partial charge in [0.25, 0.3) is 11.8 Å². The number of benzene rings is 1. The third-order valence-corrected chi connectivity index (χ3v) is 4.20. The van der Waals surface area contributed by atoms with E-state index < -0.39 is 11.8 Å². The molecule has 3 N–H and O–H groups in total. The molecule has 0 spiro atoms. The number of nitrogens with two attached hydrogens (primary N) is 1. The molecule has 0 aliphatic rings. The molecule has 0 aliphatic carbocycles. The van der Waals surface area contributed by atoms with Crippen LogP contribution in [-0.2, 0) is 6.42 Å². The van der Waals surface area contributed by atoms with E-state index in [2.05, 4.69) is 15.5 Å². The van der Waals surface area contributed by atoms with Gasteiger partial charge in [0.1, 0.15) is 10.6 Å². The van der Waals surface area contributed by atoms with E-state index in [0.717, 1.165) is 12.0 Å². The van der Waals surface area contributed by atoms with Gasteiger partial charge >= 0.3 is 0 Å². The Kier molecular flexibility index (Phi) is 4.39. The first-order valence-corrected chi connectivity index (χ1v) is 8.07. The summed E-state index contributed by atoms with van der Waals surface area (Å²) in [5, 5.41) is 8.57. The van der Waals surface area contributed by atoms with Crippen LogP contribution in [-0.4, -0.2) is 22.0 Å². The van der Waals surface area contributed by atoms with Crippen molar-refractivity contribution in [2.24, 2.45) is 5.73 Å². The first-order chi connectivity index (χ1) is 11.6. The number of hydrogen-bond donors (Lipinski definition) is 2. The number of carbonyl (C=O) groups excluding carboxylic acids is 2. The van der Waals surface area contributed by atoms with E-state index >= 15 is 0 Å². The van der Waals surface area contributed by atoms with Crippen molar-refractivity contribution in [3.05, 3.63) is 52.5 Å². The maximum absolute atomic E-state index is 12.3. The van der Waals surface area contributed by atoms with Crippen molar-refractivity contribution < 1.29 is 14.1 Å². The molecular weight excluding hydrogens is 328 g/mol. The predicted molar refractivity (Wildman–Crippen MR) is 89.9 cm³/mol. The molecule has 0 bridgehead atoms. The van der Waals surface area contributed by atoms with E-state index in [-0.39, 0.29) is 17.1 Å². The second-order valence-electron chi connectivity index (χ2n) is 4.94. The van der Waals surface area contributed by atoms with E-state index in [4.69, 9.17) is 10.3 Å². The van der Waals surface area contributed by atoms with Crippen LogP contribution in [0.3, 0.4) is 0 Å². The van der Waals surface area contributed by atoms with Crippen molar-refractivity contribution in [3.8, 4) is 10.7 Å². The number of aromatic nitrogens is 2. The van der Waals surface area contributed by atoms with E-state index in [1.807, 2.05) is 19.1 Å². The molecule has 0 unspecified atom stereocenters. The first-order valence-electron chi connectivity index (χ1n) is 7.19. The molecule has 0 radical (unpaired) electrons. The Balaban J connectivity index is 1.89. The SMILES string of the molecule is CCc1ccc(C(=O)Nc2onc(-c3nccs3)c2C(N)=O)cc1. The summed E-state index contributed by atoms with van der Waals surface area (Å²) in [7, 11) is 0. The second-order valence-corrected chi connectivity index (χ2v) is 5.84. The number of amides is 2. The summed E-state index contributed by atoms with van der Waals surface area (Å²) < 4.78 is 5.10. The Labute approximate surface area is 141 Å². The molecule has 24 heavy (non-hydrogen) atoms. The van der Waals surface area contributed by atoms with Gasteiger partial charge in [-0.3, -0.25) is 14.9 Å². The molecule has 0 atom stereocenters. The molecule has 0 saturated heterocycles. The third-order valence-electron chi connectivity index (χ3n) is 3.42. The standard InChI is InChI=1S/C16H14N4O3S/c1-2-9-3-5-10(6-4-9)14(22)19-15-11(13(17)21)12(20-23-15)16-18-7-8-24-16/h3-8H,2H2,1H3,(H2,17,21)(H,19,22). The van der Waals surface area contributed by atoms with Crippen LogP contribution in [0.4, 0.5) is 5.88 Å². The van der Waals surface area contributed by atoms with Crippen molar-refractivity contribution >= 4 is 29.0 Å². The molecule has 3 rings (SSSR count). The highest BCUT2D eigenvalue weighted by molar-refractivity contribution is 7.13. The number of primary amides is 1. The van der Waals surface area contributed by atoms with Crippen LogP contribution >= 0.6 is 11.3 Å². The van der Waals surface area contributed by atoms with Crippen LogP contribution < -0.4 is 11.1 Å². The molecule has 2 heterocycles. The maximum Gasteiger partial charge on any atom is 0.258 e. The van der Waals surface area contributed by atoms with Gasteiger partial charge < -0.3 is 10.3 Å². The zero-order chi connectivity index (χ0) is 17.1. The number of thiazole rings is 1. The van der Waals surface area contributed by atoms with Crippen molar-refractivity contribution in [3.63, 3.8) is 0 Å². The fourth-order valence-electron chi connectivity index (χ4n) is 2.16. The topological polar surface area (TPSA) is 111 Å². The molecule has 0 saturated carbocycles. The Morgan fingerprint density at radius 2 is 2.04 bits per heavy atom. The van der Waals surface area contributed by atoms with Gasteiger partial charge in [-0.2, -0.15) is 0 Å². The van der Waals surface area contributed by atoms with Crippen LogP contribution in [0.5, 0.6) is 0 Å². The number of anilines is 1. The van der Waals surface area contributed by atoms with E-state index in [0.29, 0.717) is 10.6 Å². The van der Waals surface area contributed by atoms with Crippen LogP contribution in [0, 0.1) is 0 Å². The highest BCUT2D eigenvalue weighted by Gasteiger charge is 2.25. The summed E-state index contributed by atoms with van der Waals surface area (Å²) in [6.07, 6.45) is 2.46. The lowest BCUT2D eigenvalue weighted by Crippen LogP contribution is -2.17. The van der Waals surface area contributed by atoms with E-state index in [9.17, 15) is 9.59 Å². The Morgan fingerprint density at radius 3 is 2.62 bits per heavy atom. The summed E-state index contributed by atoms with van der Waals surface area (Å²) in [6, 6.07) is 7.14. The summed E-state index contributed by atoms with van der Waals surface area (Å²) in [4.78, 5) is 28.1. The number of carbonyl (C=O) groups is 2. The van der Waals surface area contributed by atoms with E-state index in [1.54, 1.807) is 23.7 Å². The molecule has 2 amide bonds. The second kappa shape index (κ2) is 6.63. The Hall–Kier alpha value is -3.00. The smallest absolute Gasteiger partial charge is 0.258 e. The van der Waals surface area contributed by atoms with E-state index in [1.165, 1.54) is 11.3 Å². The summed E-state index contributed by atoms with van der Waals surface area (Å²) in [5.41, 5.74) is 7.18. The zero-order valence-electron chi connectivity index (χ0n) is 12.8. The lowest BCUT2D eigenvalue weighted by atomic mass is 10.1. The molecule has 0 aliphatic heterocycles. The van der Waals surface area contributed by atoms with Gasteiger partial charge in [0, 0.05) is 17.1 Å². The predicted octanol–water partition coefficient (Wildman–Crippen LogP) is 2.71. The van der Waals surface area contributed by atoms with Gasteiger partial charge in [-0.05, 0) is 24.1 Å². The number of nitrogens with one attached hydrogen (secondary N) is 1. The van der Waals surface area contributed by atoms with Gasteiger partial charge in [0.2, 0.25) is 5.88 Å². The highest BCUT2D eigenvalue weighted by atomic mass is 32.1. The molecule has 3 aromatic rings. The number of hydrogen-bond acceptors (Lipinski definition) is 6. The molecule has 8 heteroatoms. The lowest BCUT2D eigenvalue weighted by Gasteiger charge is -2.04. The van der Waals surface area contributed by atoms with Crippen molar-refractivity contribution in [2.75, 3.05) is 5.32 Å². The van der Waals surface area contributed by atoms with Crippen LogP contribution in [0.15, 0.2) is 40.4 Å². The minimum atomic E-state index is -0.752. The number of nitrogens with zero attached hydrogens (tertiary/aromatic N) is 2. The van der Waals surface area contributed by atoms with Crippen molar-refractivity contribution in [1.29, 1.82) is 0 Å². The summed E-state index contributed by atoms with van der Waals surface area (Å²) >= 11 is 1.29. The van der Waals surface area contributed by atoms with Gasteiger partial charge in [0.05, 0.1) is 0 Å². The van der Waals surface area contributed by atoms with Gasteiger partial charge in [0.15, 0.2) is 5.69 Å². The molecule has 2 aromatic heterocycles. The normalized spacial score (nSPS) is 10.5. The summed E-state index contributed by atoms with van der Waals surface area (Å²) in [6.45, 7) is 2.03. The fourth-order valence-corrected chi connectivity index (χ4v) is 2.78. The fraction of sp³-hybridized carbons (Fsp3) is 0.125. The molecule has 122 valence electrons. The largest absolute Gasteiger partial charge is 0.365 e. The maximum atomic E-state index is 12.3. The Morgan fingerprint density at radius 1 is 1.29 bits per heavy atom. The lowest BCUT2D eigenvalue weighted by molar-refractivity contribution is 0.100. The molecule has 7 nitrogen and oxygen atoms in total. The third kappa shape index (κ3) is 3.04. The molecule has 1 aromatic carbocycles.